The van der Waals surface area contributed by atoms with Gasteiger partial charge in [0.25, 0.3) is 0 Å². The maximum Gasteiger partial charge on any atom is 0.242 e. The summed E-state index contributed by atoms with van der Waals surface area (Å²) in [6, 6.07) is 1.79. The van der Waals surface area contributed by atoms with Gasteiger partial charge in [-0.3, -0.25) is 9.59 Å². The van der Waals surface area contributed by atoms with E-state index in [9.17, 15) is 9.59 Å². The molecule has 2 heterocycles. The third-order valence-electron chi connectivity index (χ3n) is 3.67. The van der Waals surface area contributed by atoms with Gasteiger partial charge in [0.15, 0.2) is 5.78 Å². The van der Waals surface area contributed by atoms with Crippen molar-refractivity contribution >= 4 is 11.7 Å². The molecule has 1 amide bonds. The van der Waals surface area contributed by atoms with E-state index in [1.807, 2.05) is 22.6 Å². The van der Waals surface area contributed by atoms with Crippen molar-refractivity contribution in [3.63, 3.8) is 0 Å². The van der Waals surface area contributed by atoms with Gasteiger partial charge in [-0.05, 0) is 18.9 Å². The Morgan fingerprint density at radius 3 is 2.47 bits per heavy atom. The van der Waals surface area contributed by atoms with Gasteiger partial charge in [0.1, 0.15) is 6.54 Å². The lowest BCUT2D eigenvalue weighted by Gasteiger charge is -2.20. The van der Waals surface area contributed by atoms with E-state index >= 15 is 0 Å². The second kappa shape index (κ2) is 6.55. The normalized spacial score (nSPS) is 16.2. The molecule has 0 bridgehead atoms. The number of likely N-dealkylation sites (tertiary alicyclic amines) is 1. The van der Waals surface area contributed by atoms with Crippen molar-refractivity contribution in [1.82, 2.24) is 9.47 Å². The van der Waals surface area contributed by atoms with Crippen molar-refractivity contribution in [3.05, 3.63) is 24.0 Å². The molecule has 1 aromatic heterocycles. The van der Waals surface area contributed by atoms with Gasteiger partial charge in [0.2, 0.25) is 5.91 Å². The summed E-state index contributed by atoms with van der Waals surface area (Å²) < 4.78 is 1.82. The van der Waals surface area contributed by atoms with E-state index in [0.29, 0.717) is 18.5 Å². The summed E-state index contributed by atoms with van der Waals surface area (Å²) in [6.07, 6.45) is 8.77. The molecule has 4 heteroatoms. The van der Waals surface area contributed by atoms with Crippen molar-refractivity contribution in [2.75, 3.05) is 13.1 Å². The molecule has 0 aromatic carbocycles. The van der Waals surface area contributed by atoms with Gasteiger partial charge < -0.3 is 9.47 Å². The highest BCUT2D eigenvalue weighted by molar-refractivity contribution is 5.95. The third-order valence-corrected chi connectivity index (χ3v) is 3.67. The van der Waals surface area contributed by atoms with E-state index < -0.39 is 0 Å². The number of carbonyl (C=O) groups excluding carboxylic acids is 2. The lowest BCUT2D eigenvalue weighted by atomic mass is 10.2. The van der Waals surface area contributed by atoms with E-state index in [1.165, 1.54) is 12.8 Å². The largest absolute Gasteiger partial charge is 0.344 e. The fraction of sp³-hybridized carbons (Fsp3) is 0.600. The van der Waals surface area contributed by atoms with Crippen LogP contribution in [-0.4, -0.2) is 34.2 Å². The minimum absolute atomic E-state index is 0.126. The maximum absolute atomic E-state index is 12.2. The van der Waals surface area contributed by atoms with E-state index in [2.05, 4.69) is 0 Å². The van der Waals surface area contributed by atoms with E-state index in [1.54, 1.807) is 12.3 Å². The van der Waals surface area contributed by atoms with Gasteiger partial charge in [0, 0.05) is 37.5 Å². The summed E-state index contributed by atoms with van der Waals surface area (Å²) in [5.74, 6) is 0.286. The minimum atomic E-state index is 0.126. The Kier molecular flexibility index (Phi) is 4.77. The lowest BCUT2D eigenvalue weighted by Crippen LogP contribution is -2.34. The van der Waals surface area contributed by atoms with Crippen LogP contribution in [0.3, 0.4) is 0 Å². The molecule has 0 atom stereocenters. The highest BCUT2D eigenvalue weighted by atomic mass is 16.2. The topological polar surface area (TPSA) is 42.3 Å². The monoisotopic (exact) mass is 262 g/mol. The van der Waals surface area contributed by atoms with Crippen molar-refractivity contribution in [3.8, 4) is 0 Å². The number of hydrogen-bond donors (Lipinski definition) is 0. The van der Waals surface area contributed by atoms with Crippen LogP contribution in [0.2, 0.25) is 0 Å². The molecule has 0 N–H and O–H groups in total. The second-order valence-corrected chi connectivity index (χ2v) is 5.14. The zero-order valence-electron chi connectivity index (χ0n) is 11.6. The van der Waals surface area contributed by atoms with Crippen LogP contribution < -0.4 is 0 Å². The summed E-state index contributed by atoms with van der Waals surface area (Å²) in [7, 11) is 0. The molecule has 0 unspecified atom stereocenters. The Balaban J connectivity index is 1.94. The molecule has 2 rings (SSSR count). The van der Waals surface area contributed by atoms with Crippen LogP contribution in [0.5, 0.6) is 0 Å². The highest BCUT2D eigenvalue weighted by Crippen LogP contribution is 2.11. The SMILES string of the molecule is CCC(=O)c1ccn(CC(=O)N2CCCCCC2)c1. The van der Waals surface area contributed by atoms with Gasteiger partial charge in [0.05, 0.1) is 0 Å². The van der Waals surface area contributed by atoms with Crippen molar-refractivity contribution in [2.24, 2.45) is 0 Å². The summed E-state index contributed by atoms with van der Waals surface area (Å²) >= 11 is 0. The Labute approximate surface area is 114 Å². The fourth-order valence-corrected chi connectivity index (χ4v) is 2.48. The average molecular weight is 262 g/mol. The number of Topliss-reactive ketones (excluding diaryl/α,β-unsaturated/α-hetero) is 1. The van der Waals surface area contributed by atoms with Gasteiger partial charge in [-0.15, -0.1) is 0 Å². The Morgan fingerprint density at radius 2 is 1.84 bits per heavy atom. The predicted molar refractivity (Wildman–Crippen MR) is 74.1 cm³/mol. The number of hydrogen-bond acceptors (Lipinski definition) is 2. The quantitative estimate of drug-likeness (QED) is 0.782. The molecule has 4 nitrogen and oxygen atoms in total. The third kappa shape index (κ3) is 3.69. The van der Waals surface area contributed by atoms with Crippen LogP contribution in [0.25, 0.3) is 0 Å². The van der Waals surface area contributed by atoms with Crippen LogP contribution >= 0.6 is 0 Å². The van der Waals surface area contributed by atoms with Crippen molar-refractivity contribution in [2.45, 2.75) is 45.6 Å². The summed E-state index contributed by atoms with van der Waals surface area (Å²) in [5.41, 5.74) is 0.700. The number of aromatic nitrogens is 1. The zero-order chi connectivity index (χ0) is 13.7. The Bertz CT molecular complexity index is 443. The molecule has 0 radical (unpaired) electrons. The number of amides is 1. The highest BCUT2D eigenvalue weighted by Gasteiger charge is 2.16. The van der Waals surface area contributed by atoms with E-state index in [4.69, 9.17) is 0 Å². The molecular weight excluding hydrogens is 240 g/mol. The van der Waals surface area contributed by atoms with Crippen LogP contribution in [0.4, 0.5) is 0 Å². The number of carbonyl (C=O) groups is 2. The average Bonchev–Trinajstić information content (AvgIpc) is 2.71. The van der Waals surface area contributed by atoms with Crippen LogP contribution in [0, 0.1) is 0 Å². The Morgan fingerprint density at radius 1 is 1.16 bits per heavy atom. The first-order valence-corrected chi connectivity index (χ1v) is 7.17. The van der Waals surface area contributed by atoms with Gasteiger partial charge in [-0.1, -0.05) is 19.8 Å². The predicted octanol–water partition coefficient (Wildman–Crippen LogP) is 2.48. The summed E-state index contributed by atoms with van der Waals surface area (Å²) in [6.45, 7) is 3.95. The zero-order valence-corrected chi connectivity index (χ0v) is 11.6. The van der Waals surface area contributed by atoms with Gasteiger partial charge >= 0.3 is 0 Å². The maximum atomic E-state index is 12.2. The minimum Gasteiger partial charge on any atom is -0.344 e. The molecule has 19 heavy (non-hydrogen) atoms. The van der Waals surface area contributed by atoms with Gasteiger partial charge in [-0.25, -0.2) is 0 Å². The summed E-state index contributed by atoms with van der Waals surface area (Å²) in [5, 5.41) is 0. The molecule has 104 valence electrons. The fourth-order valence-electron chi connectivity index (χ4n) is 2.48. The molecule has 1 aromatic rings. The number of nitrogens with zero attached hydrogens (tertiary/aromatic N) is 2. The van der Waals surface area contributed by atoms with Crippen LogP contribution in [-0.2, 0) is 11.3 Å². The number of ketones is 1. The van der Waals surface area contributed by atoms with Crippen molar-refractivity contribution < 1.29 is 9.59 Å². The first-order chi connectivity index (χ1) is 9.20. The molecule has 0 saturated carbocycles. The number of rotatable bonds is 4. The molecular formula is C15H22N2O2. The first kappa shape index (κ1) is 13.8. The van der Waals surface area contributed by atoms with Crippen LogP contribution in [0.1, 0.15) is 49.4 Å². The second-order valence-electron chi connectivity index (χ2n) is 5.14. The van der Waals surface area contributed by atoms with Crippen LogP contribution in [0.15, 0.2) is 18.5 Å². The van der Waals surface area contributed by atoms with Crippen molar-refractivity contribution in [1.29, 1.82) is 0 Å². The Hall–Kier alpha value is -1.58. The first-order valence-electron chi connectivity index (χ1n) is 7.17. The molecule has 1 aliphatic heterocycles. The molecule has 1 aliphatic rings. The lowest BCUT2D eigenvalue weighted by molar-refractivity contribution is -0.131. The van der Waals surface area contributed by atoms with Gasteiger partial charge in [-0.2, -0.15) is 0 Å². The molecule has 0 aliphatic carbocycles. The van der Waals surface area contributed by atoms with E-state index in [-0.39, 0.29) is 11.7 Å². The molecule has 1 saturated heterocycles. The summed E-state index contributed by atoms with van der Waals surface area (Å²) in [4.78, 5) is 25.7. The smallest absolute Gasteiger partial charge is 0.242 e. The molecule has 1 fully saturated rings. The standard InChI is InChI=1S/C15H22N2O2/c1-2-14(18)13-7-10-16(11-13)12-15(19)17-8-5-3-4-6-9-17/h7,10-11H,2-6,8-9,12H2,1H3. The molecule has 0 spiro atoms. The van der Waals surface area contributed by atoms with E-state index in [0.717, 1.165) is 25.9 Å².